The molecule has 0 bridgehead atoms. The van der Waals surface area contributed by atoms with Crippen LogP contribution in [0, 0.1) is 6.92 Å². The molecule has 142 valence electrons. The second kappa shape index (κ2) is 8.43. The number of rotatable bonds is 7. The number of nitrogens with one attached hydrogen (secondary N) is 2. The third kappa shape index (κ3) is 4.80. The van der Waals surface area contributed by atoms with Gasteiger partial charge in [0, 0.05) is 18.8 Å². The Balaban J connectivity index is 1.55. The molecule has 7 heteroatoms. The topological polar surface area (TPSA) is 79.8 Å². The van der Waals surface area contributed by atoms with Crippen LogP contribution < -0.4 is 10.9 Å². The van der Waals surface area contributed by atoms with Crippen LogP contribution in [0.15, 0.2) is 46.3 Å². The number of carbonyl (C=O) groups excluding carboxylic acids is 1. The van der Waals surface area contributed by atoms with Crippen LogP contribution >= 0.6 is 11.8 Å². The number of hydrogen-bond acceptors (Lipinski definition) is 4. The van der Waals surface area contributed by atoms with Crippen molar-refractivity contribution in [2.75, 3.05) is 5.75 Å². The van der Waals surface area contributed by atoms with Crippen molar-refractivity contribution in [1.29, 1.82) is 0 Å². The van der Waals surface area contributed by atoms with Crippen LogP contribution in [0.25, 0.3) is 11.0 Å². The summed E-state index contributed by atoms with van der Waals surface area (Å²) in [6.45, 7) is 3.90. The Kier molecular flexibility index (Phi) is 6.01. The molecule has 2 aromatic heterocycles. The standard InChI is InChI=1S/C20H24N4O2S/c1-13(9-10-15-7-5-4-6-8-15)21-17(25)12-27-20-23-16-11-14(2)22-18(16)19(26)24(20)3/h4-8,11,13,22H,9-10,12H2,1-3H3,(H,21,25)/t13-/m0/s1. The van der Waals surface area contributed by atoms with Gasteiger partial charge in [-0.3, -0.25) is 14.2 Å². The van der Waals surface area contributed by atoms with Crippen LogP contribution in [0.5, 0.6) is 0 Å². The summed E-state index contributed by atoms with van der Waals surface area (Å²) >= 11 is 1.28. The molecule has 2 N–H and O–H groups in total. The van der Waals surface area contributed by atoms with Gasteiger partial charge in [0.05, 0.1) is 11.3 Å². The van der Waals surface area contributed by atoms with E-state index >= 15 is 0 Å². The van der Waals surface area contributed by atoms with Gasteiger partial charge in [0.1, 0.15) is 5.52 Å². The van der Waals surface area contributed by atoms with E-state index in [9.17, 15) is 9.59 Å². The minimum absolute atomic E-state index is 0.0554. The molecule has 27 heavy (non-hydrogen) atoms. The van der Waals surface area contributed by atoms with Crippen LogP contribution in [0.4, 0.5) is 0 Å². The first-order valence-electron chi connectivity index (χ1n) is 8.96. The maximum absolute atomic E-state index is 12.4. The smallest absolute Gasteiger partial charge is 0.278 e. The normalized spacial score (nSPS) is 12.3. The number of aryl methyl sites for hydroxylation is 2. The number of carbonyl (C=O) groups is 1. The first-order valence-corrected chi connectivity index (χ1v) is 9.95. The van der Waals surface area contributed by atoms with Crippen molar-refractivity contribution in [3.8, 4) is 0 Å². The molecule has 0 aliphatic carbocycles. The van der Waals surface area contributed by atoms with E-state index in [1.54, 1.807) is 7.05 Å². The van der Waals surface area contributed by atoms with Crippen molar-refractivity contribution in [3.63, 3.8) is 0 Å². The van der Waals surface area contributed by atoms with Gasteiger partial charge < -0.3 is 10.3 Å². The first kappa shape index (κ1) is 19.2. The van der Waals surface area contributed by atoms with E-state index in [1.807, 2.05) is 38.1 Å². The molecule has 0 unspecified atom stereocenters. The summed E-state index contributed by atoms with van der Waals surface area (Å²) in [6, 6.07) is 12.2. The molecule has 0 fully saturated rings. The lowest BCUT2D eigenvalue weighted by Crippen LogP contribution is -2.34. The Hall–Kier alpha value is -2.54. The summed E-state index contributed by atoms with van der Waals surface area (Å²) in [5, 5.41) is 3.55. The molecule has 2 heterocycles. The Morgan fingerprint density at radius 2 is 2.07 bits per heavy atom. The molecule has 1 aromatic carbocycles. The number of aromatic amines is 1. The van der Waals surface area contributed by atoms with Crippen molar-refractivity contribution in [3.05, 3.63) is 58.0 Å². The molecule has 1 atom stereocenters. The quantitative estimate of drug-likeness (QED) is 0.485. The minimum atomic E-state index is -0.132. The molecule has 0 radical (unpaired) electrons. The molecule has 0 aliphatic heterocycles. The Labute approximate surface area is 162 Å². The Bertz CT molecular complexity index is 994. The summed E-state index contributed by atoms with van der Waals surface area (Å²) in [4.78, 5) is 32.2. The molecule has 0 saturated heterocycles. The third-order valence-corrected chi connectivity index (χ3v) is 5.43. The number of hydrogen-bond donors (Lipinski definition) is 2. The molecule has 0 spiro atoms. The van der Waals surface area contributed by atoms with Gasteiger partial charge in [0.2, 0.25) is 5.91 Å². The minimum Gasteiger partial charge on any atom is -0.353 e. The second-order valence-electron chi connectivity index (χ2n) is 6.75. The lowest BCUT2D eigenvalue weighted by atomic mass is 10.1. The lowest BCUT2D eigenvalue weighted by Gasteiger charge is -2.14. The fourth-order valence-corrected chi connectivity index (χ4v) is 3.72. The SMILES string of the molecule is Cc1cc2nc(SCC(=O)N[C@@H](C)CCc3ccccc3)n(C)c(=O)c2[nH]1. The van der Waals surface area contributed by atoms with E-state index in [0.717, 1.165) is 18.5 Å². The maximum Gasteiger partial charge on any atom is 0.278 e. The van der Waals surface area contributed by atoms with Gasteiger partial charge >= 0.3 is 0 Å². The fourth-order valence-electron chi connectivity index (χ4n) is 2.93. The molecule has 0 aliphatic rings. The van der Waals surface area contributed by atoms with Gasteiger partial charge in [-0.05, 0) is 38.3 Å². The summed E-state index contributed by atoms with van der Waals surface area (Å²) < 4.78 is 1.48. The number of benzene rings is 1. The summed E-state index contributed by atoms with van der Waals surface area (Å²) in [6.07, 6.45) is 1.81. The molecule has 1 amide bonds. The van der Waals surface area contributed by atoms with Crippen LogP contribution in [-0.2, 0) is 18.3 Å². The molecular weight excluding hydrogens is 360 g/mol. The molecule has 6 nitrogen and oxygen atoms in total. The average Bonchev–Trinajstić information content (AvgIpc) is 3.03. The number of amides is 1. The van der Waals surface area contributed by atoms with Gasteiger partial charge in [-0.2, -0.15) is 0 Å². The maximum atomic E-state index is 12.4. The number of thioether (sulfide) groups is 1. The van der Waals surface area contributed by atoms with E-state index in [-0.39, 0.29) is 23.3 Å². The van der Waals surface area contributed by atoms with Crippen LogP contribution in [0.2, 0.25) is 0 Å². The van der Waals surface area contributed by atoms with Crippen molar-refractivity contribution in [2.45, 2.75) is 37.9 Å². The molecule has 3 rings (SSSR count). The van der Waals surface area contributed by atoms with Gasteiger partial charge in [-0.25, -0.2) is 4.98 Å². The second-order valence-corrected chi connectivity index (χ2v) is 7.70. The number of nitrogens with zero attached hydrogens (tertiary/aromatic N) is 2. The van der Waals surface area contributed by atoms with Crippen LogP contribution in [-0.4, -0.2) is 32.2 Å². The number of aromatic nitrogens is 3. The zero-order chi connectivity index (χ0) is 19.4. The predicted octanol–water partition coefficient (Wildman–Crippen LogP) is 2.80. The van der Waals surface area contributed by atoms with Gasteiger partial charge in [0.25, 0.3) is 5.56 Å². The van der Waals surface area contributed by atoms with Crippen molar-refractivity contribution >= 4 is 28.7 Å². The van der Waals surface area contributed by atoms with Crippen molar-refractivity contribution in [2.24, 2.45) is 7.05 Å². The highest BCUT2D eigenvalue weighted by atomic mass is 32.2. The van der Waals surface area contributed by atoms with Crippen LogP contribution in [0.1, 0.15) is 24.6 Å². The highest BCUT2D eigenvalue weighted by Gasteiger charge is 2.13. The van der Waals surface area contributed by atoms with E-state index in [1.165, 1.54) is 21.9 Å². The molecule has 0 saturated carbocycles. The van der Waals surface area contributed by atoms with E-state index in [2.05, 4.69) is 27.4 Å². The zero-order valence-electron chi connectivity index (χ0n) is 15.8. The predicted molar refractivity (Wildman–Crippen MR) is 109 cm³/mol. The first-order chi connectivity index (χ1) is 12.9. The van der Waals surface area contributed by atoms with E-state index in [0.29, 0.717) is 16.2 Å². The highest BCUT2D eigenvalue weighted by molar-refractivity contribution is 7.99. The van der Waals surface area contributed by atoms with Gasteiger partial charge in [-0.15, -0.1) is 0 Å². The molecule has 3 aromatic rings. The Morgan fingerprint density at radius 3 is 2.81 bits per heavy atom. The van der Waals surface area contributed by atoms with Crippen LogP contribution in [0.3, 0.4) is 0 Å². The van der Waals surface area contributed by atoms with Gasteiger partial charge in [0.15, 0.2) is 5.16 Å². The summed E-state index contributed by atoms with van der Waals surface area (Å²) in [5.74, 6) is 0.172. The Morgan fingerprint density at radius 1 is 1.33 bits per heavy atom. The highest BCUT2D eigenvalue weighted by Crippen LogP contribution is 2.17. The third-order valence-electron chi connectivity index (χ3n) is 4.40. The zero-order valence-corrected chi connectivity index (χ0v) is 16.6. The summed E-state index contributed by atoms with van der Waals surface area (Å²) in [7, 11) is 1.67. The average molecular weight is 385 g/mol. The largest absolute Gasteiger partial charge is 0.353 e. The monoisotopic (exact) mass is 384 g/mol. The summed E-state index contributed by atoms with van der Waals surface area (Å²) in [5.41, 5.74) is 3.16. The van der Waals surface area contributed by atoms with E-state index in [4.69, 9.17) is 0 Å². The number of H-pyrrole nitrogens is 1. The number of fused-ring (bicyclic) bond motifs is 1. The fraction of sp³-hybridized carbons (Fsp3) is 0.350. The van der Waals surface area contributed by atoms with E-state index < -0.39 is 0 Å². The van der Waals surface area contributed by atoms with Crippen molar-refractivity contribution < 1.29 is 4.79 Å². The molecular formula is C20H24N4O2S. The van der Waals surface area contributed by atoms with Gasteiger partial charge in [-0.1, -0.05) is 42.1 Å². The van der Waals surface area contributed by atoms with Crippen molar-refractivity contribution in [1.82, 2.24) is 19.9 Å². The lowest BCUT2D eigenvalue weighted by molar-refractivity contribution is -0.119.